The minimum atomic E-state index is -4.67. The molecule has 0 bridgehead atoms. The molecule has 0 saturated carbocycles. The van der Waals surface area contributed by atoms with E-state index in [2.05, 4.69) is 6.58 Å². The van der Waals surface area contributed by atoms with E-state index in [9.17, 15) is 4.79 Å². The second kappa shape index (κ2) is 8.78. The van der Waals surface area contributed by atoms with Gasteiger partial charge in [0.15, 0.2) is 0 Å². The first-order chi connectivity index (χ1) is 10.3. The van der Waals surface area contributed by atoms with Crippen LogP contribution in [0, 0.1) is 0 Å². The zero-order valence-corrected chi connectivity index (χ0v) is 14.3. The van der Waals surface area contributed by atoms with Gasteiger partial charge < -0.3 is 10.5 Å². The first-order valence-corrected chi connectivity index (χ1v) is 8.12. The monoisotopic (exact) mass is 345 g/mol. The highest BCUT2D eigenvalue weighted by Crippen LogP contribution is 2.21. The lowest BCUT2D eigenvalue weighted by molar-refractivity contribution is -0.138. The van der Waals surface area contributed by atoms with Crippen molar-refractivity contribution in [3.8, 4) is 0 Å². The molecule has 1 aromatic carbocycles. The fraction of sp³-hybridized carbons (Fsp3) is 0.400. The lowest BCUT2D eigenvalue weighted by Gasteiger charge is -2.22. The van der Waals surface area contributed by atoms with Crippen LogP contribution in [0.15, 0.2) is 36.4 Å². The van der Waals surface area contributed by atoms with E-state index in [1.54, 1.807) is 6.92 Å². The second-order valence-corrected chi connectivity index (χ2v) is 6.39. The molecule has 0 spiro atoms. The number of hydrogen-bond donors (Lipinski definition) is 3. The van der Waals surface area contributed by atoms with Gasteiger partial charge in [-0.3, -0.25) is 9.11 Å². The van der Waals surface area contributed by atoms with E-state index in [1.807, 2.05) is 38.1 Å². The fourth-order valence-electron chi connectivity index (χ4n) is 1.74. The molecule has 0 heterocycles. The molecule has 0 fully saturated rings. The summed E-state index contributed by atoms with van der Waals surface area (Å²) in [6.07, 6.45) is 0.663. The summed E-state index contributed by atoms with van der Waals surface area (Å²) in [5.74, 6) is -0.348. The van der Waals surface area contributed by atoms with Gasteiger partial charge in [0, 0.05) is 17.5 Å². The van der Waals surface area contributed by atoms with E-state index in [1.165, 1.54) is 0 Å². The van der Waals surface area contributed by atoms with Gasteiger partial charge in [-0.1, -0.05) is 30.8 Å². The van der Waals surface area contributed by atoms with Crippen LogP contribution in [0.25, 0.3) is 0 Å². The third-order valence-electron chi connectivity index (χ3n) is 2.66. The molecule has 130 valence electrons. The zero-order chi connectivity index (χ0) is 18.3. The molecule has 0 atom stereocenters. The Kier molecular flexibility index (Phi) is 8.11. The minimum Gasteiger partial charge on any atom is -0.462 e. The van der Waals surface area contributed by atoms with Crippen LogP contribution in [0.2, 0.25) is 0 Å². The van der Waals surface area contributed by atoms with Gasteiger partial charge in [0.25, 0.3) is 0 Å². The molecule has 0 aliphatic carbocycles. The van der Waals surface area contributed by atoms with Crippen LogP contribution in [0.5, 0.6) is 0 Å². The van der Waals surface area contributed by atoms with Crippen LogP contribution in [-0.2, 0) is 31.9 Å². The molecule has 1 aromatic rings. The molecular formula is C15H23NO6S. The molecule has 0 aliphatic heterocycles. The Balaban J connectivity index is 0.000000841. The Labute approximate surface area is 136 Å². The summed E-state index contributed by atoms with van der Waals surface area (Å²) in [4.78, 5) is 11.3. The number of benzene rings is 1. The number of nitrogens with two attached hydrogens (primary N) is 1. The highest BCUT2D eigenvalue weighted by atomic mass is 32.3. The summed E-state index contributed by atoms with van der Waals surface area (Å²) in [6, 6.07) is 7.95. The maximum absolute atomic E-state index is 11.3. The molecule has 7 nitrogen and oxygen atoms in total. The van der Waals surface area contributed by atoms with E-state index in [-0.39, 0.29) is 5.97 Å². The summed E-state index contributed by atoms with van der Waals surface area (Å²) in [5, 5.41) is 0. The van der Waals surface area contributed by atoms with E-state index in [0.29, 0.717) is 18.6 Å². The van der Waals surface area contributed by atoms with Gasteiger partial charge in [-0.05, 0) is 31.9 Å². The van der Waals surface area contributed by atoms with Crippen molar-refractivity contribution in [2.45, 2.75) is 32.7 Å². The van der Waals surface area contributed by atoms with Crippen molar-refractivity contribution in [3.05, 3.63) is 47.5 Å². The van der Waals surface area contributed by atoms with Crippen LogP contribution in [0.3, 0.4) is 0 Å². The number of esters is 1. The molecule has 0 radical (unpaired) electrons. The van der Waals surface area contributed by atoms with Crippen LogP contribution in [0.1, 0.15) is 31.9 Å². The number of hydrogen-bond acceptors (Lipinski definition) is 5. The summed E-state index contributed by atoms with van der Waals surface area (Å²) < 4.78 is 36.7. The Hall–Kier alpha value is -1.74. The van der Waals surface area contributed by atoms with Crippen molar-refractivity contribution in [1.82, 2.24) is 0 Å². The highest BCUT2D eigenvalue weighted by Gasteiger charge is 2.17. The van der Waals surface area contributed by atoms with Crippen LogP contribution in [0.4, 0.5) is 0 Å². The van der Waals surface area contributed by atoms with Gasteiger partial charge in [0.1, 0.15) is 0 Å². The number of ether oxygens (including phenoxy) is 1. The molecule has 0 aromatic heterocycles. The maximum atomic E-state index is 11.3. The largest absolute Gasteiger partial charge is 0.462 e. The molecule has 1 rings (SSSR count). The van der Waals surface area contributed by atoms with Gasteiger partial charge in [-0.15, -0.1) is 0 Å². The highest BCUT2D eigenvalue weighted by molar-refractivity contribution is 7.79. The molecule has 4 N–H and O–H groups in total. The zero-order valence-electron chi connectivity index (χ0n) is 13.4. The smallest absolute Gasteiger partial charge is 0.394 e. The van der Waals surface area contributed by atoms with Gasteiger partial charge in [0.05, 0.1) is 6.61 Å². The molecule has 0 saturated heterocycles. The molecule has 8 heteroatoms. The normalized spacial score (nSPS) is 11.2. The maximum Gasteiger partial charge on any atom is 0.394 e. The van der Waals surface area contributed by atoms with E-state index in [4.69, 9.17) is 28.0 Å². The second-order valence-electron chi connectivity index (χ2n) is 5.49. The average molecular weight is 345 g/mol. The Bertz CT molecular complexity index is 638. The quantitative estimate of drug-likeness (QED) is 0.422. The van der Waals surface area contributed by atoms with Crippen molar-refractivity contribution in [2.24, 2.45) is 5.73 Å². The van der Waals surface area contributed by atoms with Crippen LogP contribution in [-0.4, -0.2) is 30.1 Å². The number of carbonyl (C=O) groups is 1. The summed E-state index contributed by atoms with van der Waals surface area (Å²) >= 11 is 0. The van der Waals surface area contributed by atoms with Crippen molar-refractivity contribution in [2.75, 3.05) is 6.61 Å². The Morgan fingerprint density at radius 1 is 1.30 bits per heavy atom. The van der Waals surface area contributed by atoms with Gasteiger partial charge >= 0.3 is 16.4 Å². The standard InChI is InChI=1S/C15H21NO2.H2O4S/c1-11(2)14(17)18-10-9-12-7-5-6-8-13(12)15(3,4)16;1-5(2,3)4/h5-8H,1,9-10,16H2,2-4H3;(H2,1,2,3,4). The van der Waals surface area contributed by atoms with Crippen LogP contribution >= 0.6 is 0 Å². The van der Waals surface area contributed by atoms with Crippen LogP contribution < -0.4 is 5.73 Å². The molecule has 0 unspecified atom stereocenters. The molecule has 23 heavy (non-hydrogen) atoms. The van der Waals surface area contributed by atoms with Crippen molar-refractivity contribution < 1.29 is 27.1 Å². The summed E-state index contributed by atoms with van der Waals surface area (Å²) in [6.45, 7) is 9.46. The summed E-state index contributed by atoms with van der Waals surface area (Å²) in [5.41, 5.74) is 8.33. The van der Waals surface area contributed by atoms with E-state index < -0.39 is 15.9 Å². The lowest BCUT2D eigenvalue weighted by Crippen LogP contribution is -2.30. The average Bonchev–Trinajstić information content (AvgIpc) is 2.35. The van der Waals surface area contributed by atoms with Crippen molar-refractivity contribution in [3.63, 3.8) is 0 Å². The third-order valence-corrected chi connectivity index (χ3v) is 2.66. The van der Waals surface area contributed by atoms with Gasteiger partial charge in [-0.25, -0.2) is 4.79 Å². The van der Waals surface area contributed by atoms with E-state index in [0.717, 1.165) is 11.1 Å². The van der Waals surface area contributed by atoms with Gasteiger partial charge in [0.2, 0.25) is 0 Å². The van der Waals surface area contributed by atoms with Crippen molar-refractivity contribution >= 4 is 16.4 Å². The molecule has 0 aliphatic rings. The lowest BCUT2D eigenvalue weighted by atomic mass is 9.90. The molecule has 0 amide bonds. The topological polar surface area (TPSA) is 127 Å². The molecular weight excluding hydrogens is 322 g/mol. The first-order valence-electron chi connectivity index (χ1n) is 6.72. The Morgan fingerprint density at radius 3 is 2.22 bits per heavy atom. The summed E-state index contributed by atoms with van der Waals surface area (Å²) in [7, 11) is -4.67. The number of rotatable bonds is 5. The van der Waals surface area contributed by atoms with E-state index >= 15 is 0 Å². The fourth-order valence-corrected chi connectivity index (χ4v) is 1.74. The predicted molar refractivity (Wildman–Crippen MR) is 87.3 cm³/mol. The van der Waals surface area contributed by atoms with Gasteiger partial charge in [-0.2, -0.15) is 8.42 Å². The number of carbonyl (C=O) groups excluding carboxylic acids is 1. The minimum absolute atomic E-state index is 0.346. The third kappa shape index (κ3) is 10.6. The SMILES string of the molecule is C=C(C)C(=O)OCCc1ccccc1C(C)(C)N.O=S(=O)(O)O. The first kappa shape index (κ1) is 21.3. The Morgan fingerprint density at radius 2 is 1.78 bits per heavy atom. The van der Waals surface area contributed by atoms with Crippen molar-refractivity contribution in [1.29, 1.82) is 0 Å². The predicted octanol–water partition coefficient (Wildman–Crippen LogP) is 1.89.